The lowest BCUT2D eigenvalue weighted by Gasteiger charge is -2.22. The number of hydrogen-bond donors (Lipinski definition) is 3. The van der Waals surface area contributed by atoms with Crippen LogP contribution in [0.4, 0.5) is 5.69 Å². The molecular weight excluding hydrogens is 314 g/mol. The third-order valence-corrected chi connectivity index (χ3v) is 3.98. The van der Waals surface area contributed by atoms with Crippen LogP contribution in [0.2, 0.25) is 0 Å². The van der Waals surface area contributed by atoms with Crippen LogP contribution in [0.5, 0.6) is 0 Å². The van der Waals surface area contributed by atoms with E-state index in [9.17, 15) is 9.59 Å². The summed E-state index contributed by atoms with van der Waals surface area (Å²) in [6.07, 6.45) is 6.89. The third-order valence-electron chi connectivity index (χ3n) is 3.98. The number of halogens is 1. The van der Waals surface area contributed by atoms with Gasteiger partial charge in [0.2, 0.25) is 5.91 Å². The molecule has 5 nitrogen and oxygen atoms in total. The molecule has 1 aromatic carbocycles. The summed E-state index contributed by atoms with van der Waals surface area (Å²) < 4.78 is 0. The van der Waals surface area contributed by atoms with E-state index < -0.39 is 0 Å². The highest BCUT2D eigenvalue weighted by Crippen LogP contribution is 2.18. The highest BCUT2D eigenvalue weighted by Gasteiger charge is 2.16. The van der Waals surface area contributed by atoms with Gasteiger partial charge < -0.3 is 16.4 Å². The zero-order chi connectivity index (χ0) is 15.8. The average Bonchev–Trinajstić information content (AvgIpc) is 2.54. The number of anilines is 1. The minimum absolute atomic E-state index is 0. The molecule has 2 rings (SSSR count). The molecular formula is C17H26ClN3O2. The quantitative estimate of drug-likeness (QED) is 0.745. The van der Waals surface area contributed by atoms with Gasteiger partial charge in [-0.2, -0.15) is 0 Å². The number of nitrogens with one attached hydrogen (secondary N) is 2. The zero-order valence-electron chi connectivity index (χ0n) is 13.3. The molecule has 4 N–H and O–H groups in total. The Morgan fingerprint density at radius 2 is 1.74 bits per heavy atom. The van der Waals surface area contributed by atoms with Crippen molar-refractivity contribution in [3.05, 3.63) is 29.8 Å². The summed E-state index contributed by atoms with van der Waals surface area (Å²) in [4.78, 5) is 23.8. The largest absolute Gasteiger partial charge is 0.349 e. The minimum Gasteiger partial charge on any atom is -0.349 e. The van der Waals surface area contributed by atoms with Crippen molar-refractivity contribution in [3.63, 3.8) is 0 Å². The Balaban J connectivity index is 0.00000264. The molecule has 1 aliphatic carbocycles. The van der Waals surface area contributed by atoms with Crippen molar-refractivity contribution < 1.29 is 9.59 Å². The Morgan fingerprint density at radius 3 is 2.35 bits per heavy atom. The lowest BCUT2D eigenvalue weighted by atomic mass is 9.95. The van der Waals surface area contributed by atoms with Crippen LogP contribution in [0, 0.1) is 0 Å². The summed E-state index contributed by atoms with van der Waals surface area (Å²) in [6, 6.07) is 7.32. The van der Waals surface area contributed by atoms with Gasteiger partial charge in [-0.25, -0.2) is 0 Å². The van der Waals surface area contributed by atoms with Gasteiger partial charge in [0.25, 0.3) is 5.91 Å². The summed E-state index contributed by atoms with van der Waals surface area (Å²) in [6.45, 7) is 0.508. The van der Waals surface area contributed by atoms with Gasteiger partial charge in [0.05, 0.1) is 0 Å². The monoisotopic (exact) mass is 339 g/mol. The van der Waals surface area contributed by atoms with Crippen molar-refractivity contribution in [1.82, 2.24) is 5.32 Å². The number of rotatable bonds is 6. The van der Waals surface area contributed by atoms with Crippen molar-refractivity contribution in [2.24, 2.45) is 5.73 Å². The van der Waals surface area contributed by atoms with Crippen LogP contribution in [-0.4, -0.2) is 24.4 Å². The first-order valence-electron chi connectivity index (χ1n) is 8.10. The van der Waals surface area contributed by atoms with Gasteiger partial charge in [-0.3, -0.25) is 9.59 Å². The Morgan fingerprint density at radius 1 is 1.09 bits per heavy atom. The molecule has 128 valence electrons. The maximum absolute atomic E-state index is 12.2. The molecule has 0 aromatic heterocycles. The zero-order valence-corrected chi connectivity index (χ0v) is 14.2. The maximum Gasteiger partial charge on any atom is 0.251 e. The SMILES string of the molecule is Cl.NCCCC(=O)Nc1ccc(C(=O)NC2CCCCC2)cc1. The van der Waals surface area contributed by atoms with Gasteiger partial charge in [-0.15, -0.1) is 12.4 Å². The van der Waals surface area contributed by atoms with Gasteiger partial charge in [-0.1, -0.05) is 19.3 Å². The maximum atomic E-state index is 12.2. The smallest absolute Gasteiger partial charge is 0.251 e. The van der Waals surface area contributed by atoms with Gasteiger partial charge in [0, 0.05) is 23.7 Å². The van der Waals surface area contributed by atoms with Gasteiger partial charge >= 0.3 is 0 Å². The molecule has 1 aliphatic rings. The molecule has 0 heterocycles. The van der Waals surface area contributed by atoms with E-state index in [0.717, 1.165) is 12.8 Å². The molecule has 0 bridgehead atoms. The first-order chi connectivity index (χ1) is 10.7. The van der Waals surface area contributed by atoms with Crippen LogP contribution >= 0.6 is 12.4 Å². The molecule has 23 heavy (non-hydrogen) atoms. The molecule has 1 saturated carbocycles. The van der Waals surface area contributed by atoms with Gasteiger partial charge in [-0.05, 0) is 50.1 Å². The van der Waals surface area contributed by atoms with E-state index in [1.807, 2.05) is 0 Å². The van der Waals surface area contributed by atoms with Crippen LogP contribution in [0.25, 0.3) is 0 Å². The van der Waals surface area contributed by atoms with Gasteiger partial charge in [0.15, 0.2) is 0 Å². The molecule has 2 amide bonds. The molecule has 0 unspecified atom stereocenters. The molecule has 1 aromatic rings. The fraction of sp³-hybridized carbons (Fsp3) is 0.529. The lowest BCUT2D eigenvalue weighted by Crippen LogP contribution is -2.36. The fourth-order valence-corrected chi connectivity index (χ4v) is 2.71. The number of carbonyl (C=O) groups excluding carboxylic acids is 2. The average molecular weight is 340 g/mol. The van der Waals surface area contributed by atoms with E-state index in [0.29, 0.717) is 36.7 Å². The highest BCUT2D eigenvalue weighted by atomic mass is 35.5. The van der Waals surface area contributed by atoms with E-state index in [4.69, 9.17) is 5.73 Å². The lowest BCUT2D eigenvalue weighted by molar-refractivity contribution is -0.116. The molecule has 0 radical (unpaired) electrons. The second-order valence-electron chi connectivity index (χ2n) is 5.83. The predicted molar refractivity (Wildman–Crippen MR) is 94.9 cm³/mol. The Labute approximate surface area is 143 Å². The number of hydrogen-bond acceptors (Lipinski definition) is 3. The molecule has 0 spiro atoms. The number of amides is 2. The number of carbonyl (C=O) groups is 2. The molecule has 0 atom stereocenters. The van der Waals surface area contributed by atoms with Crippen molar-refractivity contribution in [2.75, 3.05) is 11.9 Å². The topological polar surface area (TPSA) is 84.2 Å². The summed E-state index contributed by atoms with van der Waals surface area (Å²) in [7, 11) is 0. The highest BCUT2D eigenvalue weighted by molar-refractivity contribution is 5.96. The van der Waals surface area contributed by atoms with Gasteiger partial charge in [0.1, 0.15) is 0 Å². The van der Waals surface area contributed by atoms with Crippen molar-refractivity contribution in [2.45, 2.75) is 51.0 Å². The summed E-state index contributed by atoms with van der Waals surface area (Å²) >= 11 is 0. The first-order valence-corrected chi connectivity index (χ1v) is 8.10. The van der Waals surface area contributed by atoms with Crippen LogP contribution in [-0.2, 0) is 4.79 Å². The normalized spacial score (nSPS) is 14.7. The minimum atomic E-state index is -0.0511. The van der Waals surface area contributed by atoms with Crippen LogP contribution < -0.4 is 16.4 Å². The summed E-state index contributed by atoms with van der Waals surface area (Å²) in [5.74, 6) is -0.0854. The van der Waals surface area contributed by atoms with E-state index in [2.05, 4.69) is 10.6 Å². The standard InChI is InChI=1S/C17H25N3O2.ClH/c18-12-4-7-16(21)19-15-10-8-13(9-11-15)17(22)20-14-5-2-1-3-6-14;/h8-11,14H,1-7,12,18H2,(H,19,21)(H,20,22);1H. The van der Waals surface area contributed by atoms with E-state index in [1.54, 1.807) is 24.3 Å². The first kappa shape index (κ1) is 19.5. The van der Waals surface area contributed by atoms with Crippen LogP contribution in [0.1, 0.15) is 55.3 Å². The van der Waals surface area contributed by atoms with Crippen molar-refractivity contribution in [3.8, 4) is 0 Å². The second kappa shape index (κ2) is 10.2. The molecule has 0 aliphatic heterocycles. The van der Waals surface area contributed by atoms with Crippen LogP contribution in [0.15, 0.2) is 24.3 Å². The summed E-state index contributed by atoms with van der Waals surface area (Å²) in [5, 5.41) is 5.88. The molecule has 0 saturated heterocycles. The van der Waals surface area contributed by atoms with E-state index >= 15 is 0 Å². The Hall–Kier alpha value is -1.59. The Kier molecular flexibility index (Phi) is 8.66. The fourth-order valence-electron chi connectivity index (χ4n) is 2.71. The van der Waals surface area contributed by atoms with Crippen molar-refractivity contribution >= 4 is 29.9 Å². The van der Waals surface area contributed by atoms with Crippen LogP contribution in [0.3, 0.4) is 0 Å². The van der Waals surface area contributed by atoms with E-state index in [-0.39, 0.29) is 24.2 Å². The van der Waals surface area contributed by atoms with Crippen molar-refractivity contribution in [1.29, 1.82) is 0 Å². The predicted octanol–water partition coefficient (Wildman–Crippen LogP) is 2.85. The van der Waals surface area contributed by atoms with E-state index in [1.165, 1.54) is 19.3 Å². The summed E-state index contributed by atoms with van der Waals surface area (Å²) in [5.41, 5.74) is 6.71. The second-order valence-corrected chi connectivity index (χ2v) is 5.83. The number of benzene rings is 1. The molecule has 6 heteroatoms. The number of nitrogens with two attached hydrogens (primary N) is 1. The molecule has 1 fully saturated rings. The third kappa shape index (κ3) is 6.59. The Bertz CT molecular complexity index is 499.